The van der Waals surface area contributed by atoms with Crippen molar-refractivity contribution < 1.29 is 4.79 Å². The van der Waals surface area contributed by atoms with Gasteiger partial charge >= 0.3 is 6.03 Å². The largest absolute Gasteiger partial charge is 0.335 e. The number of urea groups is 1. The number of para-hydroxylation sites is 1. The number of thiazole rings is 1. The summed E-state index contributed by atoms with van der Waals surface area (Å²) in [6.07, 6.45) is 2.10. The normalized spacial score (nSPS) is 12.6. The van der Waals surface area contributed by atoms with Gasteiger partial charge in [0, 0.05) is 6.04 Å². The van der Waals surface area contributed by atoms with Crippen molar-refractivity contribution in [1.29, 1.82) is 0 Å². The van der Waals surface area contributed by atoms with Crippen molar-refractivity contribution in [3.63, 3.8) is 0 Å². The third-order valence-electron chi connectivity index (χ3n) is 3.07. The second-order valence-electron chi connectivity index (χ2n) is 5.46. The minimum Gasteiger partial charge on any atom is -0.335 e. The molecular formula is C15H21N3OS. The molecule has 2 amide bonds. The maximum atomic E-state index is 11.9. The summed E-state index contributed by atoms with van der Waals surface area (Å²) in [7, 11) is 0. The highest BCUT2D eigenvalue weighted by Crippen LogP contribution is 2.25. The lowest BCUT2D eigenvalue weighted by atomic mass is 10.0. The van der Waals surface area contributed by atoms with E-state index in [-0.39, 0.29) is 12.1 Å². The summed E-state index contributed by atoms with van der Waals surface area (Å²) in [4.78, 5) is 16.3. The molecule has 2 rings (SSSR count). The van der Waals surface area contributed by atoms with Crippen LogP contribution >= 0.6 is 11.3 Å². The van der Waals surface area contributed by atoms with Gasteiger partial charge in [-0.15, -0.1) is 0 Å². The Balaban J connectivity index is 1.87. The second-order valence-corrected chi connectivity index (χ2v) is 6.49. The van der Waals surface area contributed by atoms with Crippen LogP contribution in [0.4, 0.5) is 9.93 Å². The standard InChI is InChI=1S/C15H21N3OS/c1-10(2)8-9-11(3)16-14(19)18-15-17-12-6-4-5-7-13(12)20-15/h4-7,10-11H,8-9H2,1-3H3,(H2,16,17,18,19). The Morgan fingerprint density at radius 3 is 2.70 bits per heavy atom. The van der Waals surface area contributed by atoms with Crippen molar-refractivity contribution >= 4 is 32.7 Å². The van der Waals surface area contributed by atoms with Gasteiger partial charge < -0.3 is 5.32 Å². The quantitative estimate of drug-likeness (QED) is 0.865. The highest BCUT2D eigenvalue weighted by Gasteiger charge is 2.10. The predicted octanol–water partition coefficient (Wildman–Crippen LogP) is 4.24. The number of aromatic nitrogens is 1. The molecule has 1 atom stereocenters. The number of carbonyl (C=O) groups is 1. The number of hydrogen-bond acceptors (Lipinski definition) is 3. The van der Waals surface area contributed by atoms with Crippen LogP contribution in [0.1, 0.15) is 33.6 Å². The van der Waals surface area contributed by atoms with Crippen LogP contribution in [0.2, 0.25) is 0 Å². The number of nitrogens with zero attached hydrogens (tertiary/aromatic N) is 1. The zero-order chi connectivity index (χ0) is 14.5. The molecule has 5 heteroatoms. The van der Waals surface area contributed by atoms with Crippen LogP contribution in [-0.2, 0) is 0 Å². The van der Waals surface area contributed by atoms with Crippen molar-refractivity contribution in [3.05, 3.63) is 24.3 Å². The number of benzene rings is 1. The average Bonchev–Trinajstić information content (AvgIpc) is 2.78. The Bertz CT molecular complexity index is 546. The number of amides is 2. The molecule has 20 heavy (non-hydrogen) atoms. The Hall–Kier alpha value is -1.62. The van der Waals surface area contributed by atoms with E-state index >= 15 is 0 Å². The van der Waals surface area contributed by atoms with Crippen LogP contribution in [0.3, 0.4) is 0 Å². The summed E-state index contributed by atoms with van der Waals surface area (Å²) in [5.41, 5.74) is 0.917. The van der Waals surface area contributed by atoms with Crippen molar-refractivity contribution in [3.8, 4) is 0 Å². The molecule has 0 fully saturated rings. The van der Waals surface area contributed by atoms with Crippen LogP contribution in [0.25, 0.3) is 10.2 Å². The first kappa shape index (κ1) is 14.8. The molecule has 2 aromatic rings. The summed E-state index contributed by atoms with van der Waals surface area (Å²) in [6, 6.07) is 7.85. The van der Waals surface area contributed by atoms with Gasteiger partial charge in [-0.05, 0) is 37.8 Å². The monoisotopic (exact) mass is 291 g/mol. The molecule has 0 bridgehead atoms. The smallest absolute Gasteiger partial charge is 0.321 e. The van der Waals surface area contributed by atoms with Gasteiger partial charge in [0.25, 0.3) is 0 Å². The van der Waals surface area contributed by atoms with E-state index in [0.29, 0.717) is 11.0 Å². The first-order valence-corrected chi connectivity index (χ1v) is 7.79. The summed E-state index contributed by atoms with van der Waals surface area (Å²) in [5.74, 6) is 0.659. The molecule has 0 spiro atoms. The van der Waals surface area contributed by atoms with Crippen molar-refractivity contribution in [2.24, 2.45) is 5.92 Å². The second kappa shape index (κ2) is 6.70. The lowest BCUT2D eigenvalue weighted by Gasteiger charge is -2.14. The number of rotatable bonds is 5. The summed E-state index contributed by atoms with van der Waals surface area (Å²) in [6.45, 7) is 6.40. The number of fused-ring (bicyclic) bond motifs is 1. The van der Waals surface area contributed by atoms with Crippen LogP contribution < -0.4 is 10.6 Å². The van der Waals surface area contributed by atoms with Gasteiger partial charge in [-0.3, -0.25) is 5.32 Å². The molecule has 0 aliphatic heterocycles. The molecule has 108 valence electrons. The lowest BCUT2D eigenvalue weighted by molar-refractivity contribution is 0.248. The van der Waals surface area contributed by atoms with Gasteiger partial charge in [0.15, 0.2) is 5.13 Å². The van der Waals surface area contributed by atoms with Crippen LogP contribution in [0.15, 0.2) is 24.3 Å². The molecule has 2 N–H and O–H groups in total. The summed E-state index contributed by atoms with van der Waals surface area (Å²) < 4.78 is 1.08. The maximum Gasteiger partial charge on any atom is 0.321 e. The number of hydrogen-bond donors (Lipinski definition) is 2. The predicted molar refractivity (Wildman–Crippen MR) is 85.3 cm³/mol. The fraction of sp³-hybridized carbons (Fsp3) is 0.467. The number of anilines is 1. The molecule has 4 nitrogen and oxygen atoms in total. The van der Waals surface area contributed by atoms with Crippen molar-refractivity contribution in [2.75, 3.05) is 5.32 Å². The van der Waals surface area contributed by atoms with Crippen LogP contribution in [0, 0.1) is 5.92 Å². The molecule has 1 aromatic carbocycles. The first-order chi connectivity index (χ1) is 9.54. The summed E-state index contributed by atoms with van der Waals surface area (Å²) in [5, 5.41) is 6.39. The van der Waals surface area contributed by atoms with Crippen molar-refractivity contribution in [2.45, 2.75) is 39.7 Å². The van der Waals surface area contributed by atoms with Gasteiger partial charge in [0.2, 0.25) is 0 Å². The molecule has 1 aromatic heterocycles. The molecular weight excluding hydrogens is 270 g/mol. The van der Waals surface area contributed by atoms with E-state index in [1.807, 2.05) is 31.2 Å². The van der Waals surface area contributed by atoms with E-state index in [9.17, 15) is 4.79 Å². The Morgan fingerprint density at radius 1 is 1.25 bits per heavy atom. The fourth-order valence-corrected chi connectivity index (χ4v) is 2.80. The Morgan fingerprint density at radius 2 is 2.00 bits per heavy atom. The van der Waals surface area contributed by atoms with E-state index in [1.165, 1.54) is 11.3 Å². The van der Waals surface area contributed by atoms with E-state index in [2.05, 4.69) is 29.5 Å². The fourth-order valence-electron chi connectivity index (χ4n) is 1.94. The SMILES string of the molecule is CC(C)CCC(C)NC(=O)Nc1nc2ccccc2s1. The van der Waals surface area contributed by atoms with E-state index in [1.54, 1.807) is 0 Å². The molecule has 0 aliphatic carbocycles. The Kier molecular flexibility index (Phi) is 4.95. The molecule has 0 radical (unpaired) electrons. The highest BCUT2D eigenvalue weighted by molar-refractivity contribution is 7.22. The van der Waals surface area contributed by atoms with E-state index in [4.69, 9.17) is 0 Å². The first-order valence-electron chi connectivity index (χ1n) is 6.97. The van der Waals surface area contributed by atoms with Crippen LogP contribution in [0.5, 0.6) is 0 Å². The van der Waals surface area contributed by atoms with Crippen LogP contribution in [-0.4, -0.2) is 17.1 Å². The number of nitrogens with one attached hydrogen (secondary N) is 2. The summed E-state index contributed by atoms with van der Waals surface area (Å²) >= 11 is 1.49. The van der Waals surface area contributed by atoms with Gasteiger partial charge in [0.1, 0.15) is 0 Å². The molecule has 0 aliphatic rings. The third-order valence-corrected chi connectivity index (χ3v) is 4.02. The highest BCUT2D eigenvalue weighted by atomic mass is 32.1. The van der Waals surface area contributed by atoms with Gasteiger partial charge in [0.05, 0.1) is 10.2 Å². The lowest BCUT2D eigenvalue weighted by Crippen LogP contribution is -2.36. The maximum absolute atomic E-state index is 11.9. The average molecular weight is 291 g/mol. The molecule has 0 saturated carbocycles. The van der Waals surface area contributed by atoms with Gasteiger partial charge in [-0.1, -0.05) is 37.3 Å². The van der Waals surface area contributed by atoms with E-state index < -0.39 is 0 Å². The van der Waals surface area contributed by atoms with Crippen molar-refractivity contribution in [1.82, 2.24) is 10.3 Å². The van der Waals surface area contributed by atoms with E-state index in [0.717, 1.165) is 23.1 Å². The molecule has 1 unspecified atom stereocenters. The number of carbonyl (C=O) groups excluding carboxylic acids is 1. The minimum atomic E-state index is -0.180. The van der Waals surface area contributed by atoms with Gasteiger partial charge in [-0.25, -0.2) is 9.78 Å². The molecule has 0 saturated heterocycles. The topological polar surface area (TPSA) is 54.0 Å². The molecule has 1 heterocycles. The zero-order valence-corrected chi connectivity index (χ0v) is 13.0. The third kappa shape index (κ3) is 4.20. The minimum absolute atomic E-state index is 0.173. The Labute approximate surface area is 123 Å². The van der Waals surface area contributed by atoms with Gasteiger partial charge in [-0.2, -0.15) is 0 Å². The zero-order valence-electron chi connectivity index (χ0n) is 12.1.